The molecule has 48 valence electrons. The molecule has 3 nitrogen and oxygen atoms in total. The zero-order valence-corrected chi connectivity index (χ0v) is 5.27. The molecule has 0 aromatic rings. The Morgan fingerprint density at radius 3 is 2.38 bits per heavy atom. The van der Waals surface area contributed by atoms with Crippen LogP contribution in [0.5, 0.6) is 0 Å². The Bertz CT molecular complexity index is 82.1. The molecule has 0 spiro atoms. The monoisotopic (exact) mass is 135 g/mol. The van der Waals surface area contributed by atoms with Gasteiger partial charge in [0.1, 0.15) is 0 Å². The first kappa shape index (κ1) is 7.78. The number of rotatable bonds is 3. The SMILES string of the molecule is NC[C@@H](CS)C(=O)O. The van der Waals surface area contributed by atoms with Gasteiger partial charge in [-0.3, -0.25) is 4.79 Å². The van der Waals surface area contributed by atoms with Crippen LogP contribution in [0.3, 0.4) is 0 Å². The van der Waals surface area contributed by atoms with Crippen LogP contribution < -0.4 is 5.73 Å². The molecule has 3 N–H and O–H groups in total. The normalized spacial score (nSPS) is 13.2. The van der Waals surface area contributed by atoms with Crippen LogP contribution >= 0.6 is 12.6 Å². The number of carbonyl (C=O) groups is 1. The van der Waals surface area contributed by atoms with Crippen molar-refractivity contribution in [1.82, 2.24) is 0 Å². The molecule has 0 aliphatic carbocycles. The van der Waals surface area contributed by atoms with Gasteiger partial charge >= 0.3 is 5.97 Å². The van der Waals surface area contributed by atoms with Gasteiger partial charge < -0.3 is 10.8 Å². The zero-order chi connectivity index (χ0) is 6.57. The van der Waals surface area contributed by atoms with Gasteiger partial charge in [-0.05, 0) is 0 Å². The fraction of sp³-hybridized carbons (Fsp3) is 0.750. The minimum atomic E-state index is -0.873. The Hall–Kier alpha value is -0.220. The van der Waals surface area contributed by atoms with E-state index in [0.29, 0.717) is 5.75 Å². The lowest BCUT2D eigenvalue weighted by Gasteiger charge is -2.02. The van der Waals surface area contributed by atoms with Gasteiger partial charge in [-0.25, -0.2) is 0 Å². The third kappa shape index (κ3) is 2.18. The number of hydrogen-bond acceptors (Lipinski definition) is 3. The molecule has 0 rings (SSSR count). The summed E-state index contributed by atoms with van der Waals surface area (Å²) in [7, 11) is 0. The summed E-state index contributed by atoms with van der Waals surface area (Å²) in [6.07, 6.45) is 0. The molecule has 0 fully saturated rings. The van der Waals surface area contributed by atoms with E-state index in [-0.39, 0.29) is 6.54 Å². The van der Waals surface area contributed by atoms with Crippen LogP contribution in [0.25, 0.3) is 0 Å². The van der Waals surface area contributed by atoms with E-state index in [2.05, 4.69) is 12.6 Å². The second-order valence-electron chi connectivity index (χ2n) is 1.45. The molecule has 0 unspecified atom stereocenters. The predicted octanol–water partition coefficient (Wildman–Crippen LogP) is -0.424. The molecule has 0 radical (unpaired) electrons. The highest BCUT2D eigenvalue weighted by atomic mass is 32.1. The molecule has 0 aliphatic heterocycles. The Kier molecular flexibility index (Phi) is 3.64. The summed E-state index contributed by atoms with van der Waals surface area (Å²) in [5.74, 6) is -1.05. The fourth-order valence-electron chi connectivity index (χ4n) is 0.253. The van der Waals surface area contributed by atoms with Crippen LogP contribution in [0.2, 0.25) is 0 Å². The van der Waals surface area contributed by atoms with Crippen LogP contribution in [-0.4, -0.2) is 23.4 Å². The van der Waals surface area contributed by atoms with Gasteiger partial charge in [-0.15, -0.1) is 0 Å². The van der Waals surface area contributed by atoms with Crippen molar-refractivity contribution in [2.75, 3.05) is 12.3 Å². The maximum Gasteiger partial charge on any atom is 0.308 e. The number of carboxylic acid groups (broad SMARTS) is 1. The molecular weight excluding hydrogens is 126 g/mol. The van der Waals surface area contributed by atoms with Crippen LogP contribution in [0.1, 0.15) is 0 Å². The Morgan fingerprint density at radius 2 is 2.38 bits per heavy atom. The molecular formula is C4H9NO2S. The maximum atomic E-state index is 10.0. The third-order valence-electron chi connectivity index (χ3n) is 0.854. The molecule has 8 heavy (non-hydrogen) atoms. The quantitative estimate of drug-likeness (QED) is 0.460. The minimum Gasteiger partial charge on any atom is -0.481 e. The minimum absolute atomic E-state index is 0.166. The summed E-state index contributed by atoms with van der Waals surface area (Å²) in [5.41, 5.74) is 5.05. The highest BCUT2D eigenvalue weighted by Gasteiger charge is 2.11. The van der Waals surface area contributed by atoms with Gasteiger partial charge in [-0.2, -0.15) is 12.6 Å². The van der Waals surface area contributed by atoms with Crippen molar-refractivity contribution in [2.24, 2.45) is 11.7 Å². The van der Waals surface area contributed by atoms with Gasteiger partial charge in [0.2, 0.25) is 0 Å². The van der Waals surface area contributed by atoms with Gasteiger partial charge in [0.15, 0.2) is 0 Å². The molecule has 0 aliphatic rings. The lowest BCUT2D eigenvalue weighted by molar-refractivity contribution is -0.140. The standard InChI is InChI=1S/C4H9NO2S/c5-1-3(2-8)4(6)7/h3,8H,1-2,5H2,(H,6,7)/t3-/m0/s1. The molecule has 1 atom stereocenters. The van der Waals surface area contributed by atoms with Crippen LogP contribution in [-0.2, 0) is 4.79 Å². The van der Waals surface area contributed by atoms with Crippen molar-refractivity contribution in [3.8, 4) is 0 Å². The summed E-state index contributed by atoms with van der Waals surface area (Å²) >= 11 is 3.77. The lowest BCUT2D eigenvalue weighted by Crippen LogP contribution is -2.24. The Morgan fingerprint density at radius 1 is 1.88 bits per heavy atom. The smallest absolute Gasteiger partial charge is 0.308 e. The number of hydrogen-bond donors (Lipinski definition) is 3. The number of carboxylic acids is 1. The van der Waals surface area contributed by atoms with E-state index in [0.717, 1.165) is 0 Å². The highest BCUT2D eigenvalue weighted by Crippen LogP contribution is 1.94. The molecule has 0 aromatic carbocycles. The molecule has 4 heteroatoms. The molecule has 0 aromatic heterocycles. The molecule has 0 amide bonds. The third-order valence-corrected chi connectivity index (χ3v) is 1.29. The van der Waals surface area contributed by atoms with Crippen molar-refractivity contribution in [3.63, 3.8) is 0 Å². The first-order chi connectivity index (χ1) is 3.72. The average Bonchev–Trinajstić information content (AvgIpc) is 1.69. The summed E-state index contributed by atoms with van der Waals surface area (Å²) in [4.78, 5) is 10.0. The van der Waals surface area contributed by atoms with E-state index in [9.17, 15) is 4.79 Å². The van der Waals surface area contributed by atoms with Gasteiger partial charge in [0.05, 0.1) is 5.92 Å². The van der Waals surface area contributed by atoms with E-state index in [1.54, 1.807) is 0 Å². The highest BCUT2D eigenvalue weighted by molar-refractivity contribution is 7.80. The van der Waals surface area contributed by atoms with Crippen molar-refractivity contribution in [2.45, 2.75) is 0 Å². The first-order valence-electron chi connectivity index (χ1n) is 2.26. The van der Waals surface area contributed by atoms with Crippen LogP contribution in [0, 0.1) is 5.92 Å². The van der Waals surface area contributed by atoms with E-state index < -0.39 is 11.9 Å². The fourth-order valence-corrected chi connectivity index (χ4v) is 0.559. The van der Waals surface area contributed by atoms with Crippen LogP contribution in [0.15, 0.2) is 0 Å². The van der Waals surface area contributed by atoms with E-state index in [1.807, 2.05) is 0 Å². The number of thiol groups is 1. The van der Waals surface area contributed by atoms with E-state index in [1.165, 1.54) is 0 Å². The Labute approximate surface area is 53.3 Å². The maximum absolute atomic E-state index is 10.0. The van der Waals surface area contributed by atoms with E-state index in [4.69, 9.17) is 10.8 Å². The second kappa shape index (κ2) is 3.74. The van der Waals surface area contributed by atoms with Crippen LogP contribution in [0.4, 0.5) is 0 Å². The number of nitrogens with two attached hydrogens (primary N) is 1. The lowest BCUT2D eigenvalue weighted by atomic mass is 10.2. The number of aliphatic carboxylic acids is 1. The Balaban J connectivity index is 3.52. The van der Waals surface area contributed by atoms with Crippen molar-refractivity contribution < 1.29 is 9.90 Å². The molecule has 0 bridgehead atoms. The summed E-state index contributed by atoms with van der Waals surface area (Å²) in [6, 6.07) is 0. The van der Waals surface area contributed by atoms with Gasteiger partial charge in [0.25, 0.3) is 0 Å². The zero-order valence-electron chi connectivity index (χ0n) is 4.37. The summed E-state index contributed by atoms with van der Waals surface area (Å²) in [6.45, 7) is 0.166. The largest absolute Gasteiger partial charge is 0.481 e. The van der Waals surface area contributed by atoms with Crippen molar-refractivity contribution >= 4 is 18.6 Å². The van der Waals surface area contributed by atoms with E-state index >= 15 is 0 Å². The second-order valence-corrected chi connectivity index (χ2v) is 1.82. The predicted molar refractivity (Wildman–Crippen MR) is 34.0 cm³/mol. The van der Waals surface area contributed by atoms with Crippen molar-refractivity contribution in [1.29, 1.82) is 0 Å². The van der Waals surface area contributed by atoms with Crippen molar-refractivity contribution in [3.05, 3.63) is 0 Å². The van der Waals surface area contributed by atoms with Gasteiger partial charge in [-0.1, -0.05) is 0 Å². The molecule has 0 saturated carbocycles. The molecule has 0 heterocycles. The topological polar surface area (TPSA) is 63.3 Å². The first-order valence-corrected chi connectivity index (χ1v) is 2.89. The molecule has 0 saturated heterocycles. The van der Waals surface area contributed by atoms with Gasteiger partial charge in [0, 0.05) is 12.3 Å². The summed E-state index contributed by atoms with van der Waals surface area (Å²) in [5, 5.41) is 8.24. The average molecular weight is 135 g/mol. The summed E-state index contributed by atoms with van der Waals surface area (Å²) < 4.78 is 0.